The van der Waals surface area contributed by atoms with E-state index >= 15 is 0 Å². The molecule has 0 rings (SSSR count). The highest BCUT2D eigenvalue weighted by atomic mass is 16.6. The molecule has 0 aromatic rings. The Hall–Kier alpha value is -2.89. The van der Waals surface area contributed by atoms with Crippen LogP contribution in [0.3, 0.4) is 0 Å². The molecule has 0 amide bonds. The number of unbranched alkanes of at least 4 members (excludes halogenated alkanes) is 47. The highest BCUT2D eigenvalue weighted by molar-refractivity contribution is 5.71. The Morgan fingerprint density at radius 1 is 0.241 bits per heavy atom. The van der Waals surface area contributed by atoms with Crippen molar-refractivity contribution in [2.45, 2.75) is 399 Å². The summed E-state index contributed by atoms with van der Waals surface area (Å²) in [6, 6.07) is 0. The maximum Gasteiger partial charge on any atom is 0.306 e. The van der Waals surface area contributed by atoms with Gasteiger partial charge >= 0.3 is 17.9 Å². The van der Waals surface area contributed by atoms with Crippen molar-refractivity contribution >= 4 is 17.9 Å². The molecule has 6 nitrogen and oxygen atoms in total. The molecule has 0 aromatic heterocycles. The zero-order chi connectivity index (χ0) is 59.9. The van der Waals surface area contributed by atoms with Crippen molar-refractivity contribution in [1.29, 1.82) is 0 Å². The summed E-state index contributed by atoms with van der Waals surface area (Å²) in [5.41, 5.74) is 0. The van der Waals surface area contributed by atoms with Gasteiger partial charge in [0.2, 0.25) is 0 Å². The molecule has 0 bridgehead atoms. The highest BCUT2D eigenvalue weighted by Crippen LogP contribution is 2.18. The number of hydrogen-bond donors (Lipinski definition) is 0. The molecule has 0 aromatic carbocycles. The van der Waals surface area contributed by atoms with Gasteiger partial charge in [0.25, 0.3) is 0 Å². The fourth-order valence-corrected chi connectivity index (χ4v) is 10.9. The van der Waals surface area contributed by atoms with Gasteiger partial charge in [0.15, 0.2) is 6.10 Å². The number of carbonyl (C=O) groups excluding carboxylic acids is 3. The van der Waals surface area contributed by atoms with Crippen LogP contribution in [0, 0.1) is 0 Å². The normalized spacial score (nSPS) is 12.4. The van der Waals surface area contributed by atoms with Crippen molar-refractivity contribution in [2.75, 3.05) is 13.2 Å². The van der Waals surface area contributed by atoms with E-state index in [1.54, 1.807) is 0 Å². The lowest BCUT2D eigenvalue weighted by atomic mass is 10.0. The van der Waals surface area contributed by atoms with Gasteiger partial charge in [-0.05, 0) is 103 Å². The summed E-state index contributed by atoms with van der Waals surface area (Å²) >= 11 is 0. The lowest BCUT2D eigenvalue weighted by Gasteiger charge is -2.18. The number of esters is 3. The van der Waals surface area contributed by atoms with Crippen molar-refractivity contribution in [2.24, 2.45) is 0 Å². The fraction of sp³-hybridized carbons (Fsp3) is 0.831. The van der Waals surface area contributed by atoms with Crippen LogP contribution in [0.15, 0.2) is 60.8 Å². The predicted molar refractivity (Wildman–Crippen MR) is 362 cm³/mol. The van der Waals surface area contributed by atoms with Gasteiger partial charge in [0, 0.05) is 19.3 Å². The maximum atomic E-state index is 12.9. The monoisotopic (exact) mass is 1160 g/mol. The molecule has 484 valence electrons. The van der Waals surface area contributed by atoms with Gasteiger partial charge in [0.1, 0.15) is 13.2 Å². The van der Waals surface area contributed by atoms with Gasteiger partial charge < -0.3 is 14.2 Å². The van der Waals surface area contributed by atoms with Crippen molar-refractivity contribution < 1.29 is 28.6 Å². The average molecular weight is 1160 g/mol. The van der Waals surface area contributed by atoms with E-state index in [4.69, 9.17) is 14.2 Å². The zero-order valence-corrected chi connectivity index (χ0v) is 55.7. The van der Waals surface area contributed by atoms with Crippen molar-refractivity contribution in [3.8, 4) is 0 Å². The van der Waals surface area contributed by atoms with Crippen LogP contribution >= 0.6 is 0 Å². The first-order chi connectivity index (χ1) is 41.0. The Morgan fingerprint density at radius 3 is 0.723 bits per heavy atom. The largest absolute Gasteiger partial charge is 0.462 e. The second-order valence-corrected chi connectivity index (χ2v) is 24.8. The summed E-state index contributed by atoms with van der Waals surface area (Å²) < 4.78 is 16.9. The molecule has 0 aliphatic carbocycles. The Morgan fingerprint density at radius 2 is 0.446 bits per heavy atom. The van der Waals surface area contributed by atoms with Crippen LogP contribution in [-0.2, 0) is 28.6 Å². The van der Waals surface area contributed by atoms with E-state index in [-0.39, 0.29) is 31.1 Å². The van der Waals surface area contributed by atoms with Gasteiger partial charge in [-0.2, -0.15) is 0 Å². The first kappa shape index (κ1) is 80.1. The van der Waals surface area contributed by atoms with E-state index in [0.29, 0.717) is 19.3 Å². The molecular formula is C77H140O6. The topological polar surface area (TPSA) is 78.9 Å². The average Bonchev–Trinajstić information content (AvgIpc) is 3.49. The summed E-state index contributed by atoms with van der Waals surface area (Å²) in [7, 11) is 0. The quantitative estimate of drug-likeness (QED) is 0.0261. The molecular weight excluding hydrogens is 1020 g/mol. The number of carbonyl (C=O) groups is 3. The minimum absolute atomic E-state index is 0.0811. The smallest absolute Gasteiger partial charge is 0.306 e. The van der Waals surface area contributed by atoms with Gasteiger partial charge in [-0.3, -0.25) is 14.4 Å². The van der Waals surface area contributed by atoms with Crippen LogP contribution in [-0.4, -0.2) is 37.2 Å². The molecule has 6 heteroatoms. The molecule has 1 unspecified atom stereocenters. The summed E-state index contributed by atoms with van der Waals surface area (Å²) in [4.78, 5) is 38.4. The van der Waals surface area contributed by atoms with Gasteiger partial charge in [-0.1, -0.05) is 332 Å². The van der Waals surface area contributed by atoms with Crippen molar-refractivity contribution in [1.82, 2.24) is 0 Å². The number of allylic oxidation sites excluding steroid dienone is 10. The lowest BCUT2D eigenvalue weighted by molar-refractivity contribution is -0.167. The van der Waals surface area contributed by atoms with Crippen LogP contribution in [0.4, 0.5) is 0 Å². The second kappa shape index (κ2) is 71.6. The van der Waals surface area contributed by atoms with Gasteiger partial charge in [-0.15, -0.1) is 0 Å². The molecule has 83 heavy (non-hydrogen) atoms. The fourth-order valence-electron chi connectivity index (χ4n) is 10.9. The van der Waals surface area contributed by atoms with E-state index in [1.807, 2.05) is 0 Å². The Balaban J connectivity index is 4.10. The number of hydrogen-bond acceptors (Lipinski definition) is 6. The van der Waals surface area contributed by atoms with Crippen LogP contribution in [0.2, 0.25) is 0 Å². The first-order valence-electron chi connectivity index (χ1n) is 36.8. The summed E-state index contributed by atoms with van der Waals surface area (Å²) in [6.07, 6.45) is 92.8. The van der Waals surface area contributed by atoms with Crippen molar-refractivity contribution in [3.05, 3.63) is 60.8 Å². The first-order valence-corrected chi connectivity index (χ1v) is 36.8. The number of rotatable bonds is 68. The van der Waals surface area contributed by atoms with Crippen LogP contribution in [0.25, 0.3) is 0 Å². The number of ether oxygens (including phenoxy) is 3. The summed E-state index contributed by atoms with van der Waals surface area (Å²) in [6.45, 7) is 6.61. The second-order valence-electron chi connectivity index (χ2n) is 24.8. The maximum absolute atomic E-state index is 12.9. The SMILES string of the molecule is CCCC/C=C\C/C=C\CCCCCCCC(=O)OCC(COC(=O)CCCCCCCCCCCCCCCCCCCCCCCCC/C=C\CCCCCCCCCC)OC(=O)CCCCCCC/C=C\C/C=C\CCCCCC. The molecule has 0 saturated heterocycles. The minimum Gasteiger partial charge on any atom is -0.462 e. The predicted octanol–water partition coefficient (Wildman–Crippen LogP) is 25.5. The van der Waals surface area contributed by atoms with E-state index in [1.165, 1.54) is 250 Å². The van der Waals surface area contributed by atoms with Gasteiger partial charge in [0.05, 0.1) is 0 Å². The van der Waals surface area contributed by atoms with Crippen LogP contribution < -0.4 is 0 Å². The Bertz CT molecular complexity index is 1470. The van der Waals surface area contributed by atoms with Crippen LogP contribution in [0.5, 0.6) is 0 Å². The van der Waals surface area contributed by atoms with Crippen molar-refractivity contribution in [3.63, 3.8) is 0 Å². The third-order valence-corrected chi connectivity index (χ3v) is 16.5. The molecule has 1 atom stereocenters. The highest BCUT2D eigenvalue weighted by Gasteiger charge is 2.19. The standard InChI is InChI=1S/C77H140O6/c1-4-7-10-13-16-19-22-25-28-30-31-32-33-34-35-36-37-38-39-40-41-42-43-44-45-46-47-48-50-52-55-58-61-64-67-70-76(79)82-73-74(72-81-75(78)69-66-63-60-57-54-51-27-24-21-18-15-12-9-6-3)83-77(80)71-68-65-62-59-56-53-49-29-26-23-20-17-14-11-8-5-2/h15,18,20,23-24,27,29-31,49,74H,4-14,16-17,19,21-22,25-26,28,32-48,50-73H2,1-3H3/b18-15-,23-20-,27-24-,31-30-,49-29-. The van der Waals surface area contributed by atoms with Gasteiger partial charge in [-0.25, -0.2) is 0 Å². The summed E-state index contributed by atoms with van der Waals surface area (Å²) in [5, 5.41) is 0. The molecule has 0 heterocycles. The van der Waals surface area contributed by atoms with E-state index in [0.717, 1.165) is 103 Å². The third kappa shape index (κ3) is 69.8. The van der Waals surface area contributed by atoms with E-state index in [2.05, 4.69) is 81.5 Å². The Labute approximate surface area is 517 Å². The molecule has 0 N–H and O–H groups in total. The third-order valence-electron chi connectivity index (χ3n) is 16.5. The minimum atomic E-state index is -0.787. The van der Waals surface area contributed by atoms with E-state index < -0.39 is 6.10 Å². The van der Waals surface area contributed by atoms with E-state index in [9.17, 15) is 14.4 Å². The molecule has 0 radical (unpaired) electrons. The molecule has 0 aliphatic rings. The summed E-state index contributed by atoms with van der Waals surface area (Å²) in [5.74, 6) is -0.888. The molecule has 0 spiro atoms. The molecule has 0 fully saturated rings. The Kier molecular flexibility index (Phi) is 69.1. The zero-order valence-electron chi connectivity index (χ0n) is 55.7. The molecule has 0 saturated carbocycles. The van der Waals surface area contributed by atoms with Crippen LogP contribution in [0.1, 0.15) is 393 Å². The molecule has 0 aliphatic heterocycles. The lowest BCUT2D eigenvalue weighted by Crippen LogP contribution is -2.30.